The summed E-state index contributed by atoms with van der Waals surface area (Å²) >= 11 is 0. The van der Waals surface area contributed by atoms with E-state index in [1.165, 1.54) is 4.90 Å². The van der Waals surface area contributed by atoms with Gasteiger partial charge in [0.1, 0.15) is 6.42 Å². The molecule has 0 unspecified atom stereocenters. The van der Waals surface area contributed by atoms with Crippen molar-refractivity contribution in [3.63, 3.8) is 0 Å². The van der Waals surface area contributed by atoms with Gasteiger partial charge in [0.25, 0.3) is 0 Å². The Morgan fingerprint density at radius 1 is 1.13 bits per heavy atom. The number of nitrogens with zero attached hydrogens (tertiary/aromatic N) is 3. The molecule has 23 heavy (non-hydrogen) atoms. The van der Waals surface area contributed by atoms with E-state index in [4.69, 9.17) is 0 Å². The van der Waals surface area contributed by atoms with E-state index in [1.54, 1.807) is 24.4 Å². The van der Waals surface area contributed by atoms with Crippen LogP contribution in [0.2, 0.25) is 0 Å². The van der Waals surface area contributed by atoms with E-state index >= 15 is 0 Å². The third-order valence-corrected chi connectivity index (χ3v) is 3.42. The Morgan fingerprint density at radius 2 is 1.78 bits per heavy atom. The highest BCUT2D eigenvalue weighted by atomic mass is 19.4. The predicted octanol–water partition coefficient (Wildman–Crippen LogP) is 1.39. The Labute approximate surface area is 131 Å². The molecular weight excluding hydrogens is 313 g/mol. The molecule has 9 heteroatoms. The lowest BCUT2D eigenvalue weighted by Gasteiger charge is -2.34. The smallest absolute Gasteiger partial charge is 0.339 e. The summed E-state index contributed by atoms with van der Waals surface area (Å²) in [6, 6.07) is 5.02. The molecule has 1 saturated heterocycles. The summed E-state index contributed by atoms with van der Waals surface area (Å²) < 4.78 is 36.6. The number of carbonyl (C=O) groups excluding carboxylic acids is 2. The van der Waals surface area contributed by atoms with Crippen LogP contribution in [0.1, 0.15) is 12.1 Å². The van der Waals surface area contributed by atoms with Gasteiger partial charge >= 0.3 is 12.2 Å². The molecule has 0 atom stereocenters. The Bertz CT molecular complexity index is 543. The van der Waals surface area contributed by atoms with E-state index in [1.807, 2.05) is 0 Å². The SMILES string of the molecule is O=C(CC(F)(F)F)N1CCN(C(=O)NCc2ccccn2)CC1. The van der Waals surface area contributed by atoms with Gasteiger partial charge in [0.05, 0.1) is 12.2 Å². The number of alkyl halides is 3. The molecule has 1 aromatic rings. The second-order valence-corrected chi connectivity index (χ2v) is 5.14. The topological polar surface area (TPSA) is 65.5 Å². The molecule has 0 radical (unpaired) electrons. The summed E-state index contributed by atoms with van der Waals surface area (Å²) in [6.07, 6.45) is -4.35. The summed E-state index contributed by atoms with van der Waals surface area (Å²) in [7, 11) is 0. The number of halogens is 3. The van der Waals surface area contributed by atoms with Crippen molar-refractivity contribution in [2.75, 3.05) is 26.2 Å². The van der Waals surface area contributed by atoms with Crippen molar-refractivity contribution in [1.29, 1.82) is 0 Å². The molecule has 6 nitrogen and oxygen atoms in total. The van der Waals surface area contributed by atoms with Gasteiger partial charge in [-0.2, -0.15) is 13.2 Å². The van der Waals surface area contributed by atoms with Crippen LogP contribution in [0.5, 0.6) is 0 Å². The molecule has 2 heterocycles. The van der Waals surface area contributed by atoms with Crippen molar-refractivity contribution in [2.24, 2.45) is 0 Å². The fourth-order valence-corrected chi connectivity index (χ4v) is 2.22. The highest BCUT2D eigenvalue weighted by Gasteiger charge is 2.34. The first-order valence-electron chi connectivity index (χ1n) is 7.12. The fraction of sp³-hybridized carbons (Fsp3) is 0.500. The Balaban J connectivity index is 1.75. The molecule has 126 valence electrons. The second kappa shape index (κ2) is 7.30. The van der Waals surface area contributed by atoms with E-state index < -0.39 is 18.5 Å². The number of hydrogen-bond acceptors (Lipinski definition) is 3. The van der Waals surface area contributed by atoms with E-state index in [9.17, 15) is 22.8 Å². The van der Waals surface area contributed by atoms with Crippen molar-refractivity contribution >= 4 is 11.9 Å². The Hall–Kier alpha value is -2.32. The molecule has 1 fully saturated rings. The first-order valence-corrected chi connectivity index (χ1v) is 7.12. The zero-order valence-electron chi connectivity index (χ0n) is 12.3. The number of pyridine rings is 1. The van der Waals surface area contributed by atoms with Gasteiger partial charge in [-0.15, -0.1) is 0 Å². The molecule has 0 aliphatic carbocycles. The van der Waals surface area contributed by atoms with E-state index in [2.05, 4.69) is 10.3 Å². The van der Waals surface area contributed by atoms with Gasteiger partial charge < -0.3 is 15.1 Å². The summed E-state index contributed by atoms with van der Waals surface area (Å²) in [4.78, 5) is 30.1. The highest BCUT2D eigenvalue weighted by molar-refractivity contribution is 5.78. The van der Waals surface area contributed by atoms with Crippen LogP contribution in [0.3, 0.4) is 0 Å². The summed E-state index contributed by atoms with van der Waals surface area (Å²) in [6.45, 7) is 0.889. The lowest BCUT2D eigenvalue weighted by atomic mass is 10.3. The summed E-state index contributed by atoms with van der Waals surface area (Å²) in [5.41, 5.74) is 0.708. The van der Waals surface area contributed by atoms with E-state index in [-0.39, 0.29) is 38.8 Å². The third kappa shape index (κ3) is 5.42. The third-order valence-electron chi connectivity index (χ3n) is 3.42. The first kappa shape index (κ1) is 17.0. The van der Waals surface area contributed by atoms with Crippen LogP contribution in [0, 0.1) is 0 Å². The van der Waals surface area contributed by atoms with Gasteiger partial charge in [-0.25, -0.2) is 4.79 Å². The van der Waals surface area contributed by atoms with E-state index in [0.717, 1.165) is 4.90 Å². The largest absolute Gasteiger partial charge is 0.397 e. The number of urea groups is 1. The molecule has 1 aromatic heterocycles. The number of aromatic nitrogens is 1. The maximum Gasteiger partial charge on any atom is 0.397 e. The summed E-state index contributed by atoms with van der Waals surface area (Å²) in [5.74, 6) is -0.953. The normalized spacial score (nSPS) is 15.4. The lowest BCUT2D eigenvalue weighted by molar-refractivity contribution is -0.162. The number of carbonyl (C=O) groups is 2. The van der Waals surface area contributed by atoms with Crippen LogP contribution in [0.4, 0.5) is 18.0 Å². The molecule has 0 saturated carbocycles. The number of rotatable bonds is 3. The molecule has 3 amide bonds. The minimum atomic E-state index is -4.51. The fourth-order valence-electron chi connectivity index (χ4n) is 2.22. The van der Waals surface area contributed by atoms with Crippen LogP contribution >= 0.6 is 0 Å². The number of hydrogen-bond donors (Lipinski definition) is 1. The van der Waals surface area contributed by atoms with Crippen LogP contribution in [-0.4, -0.2) is 59.1 Å². The average molecular weight is 330 g/mol. The zero-order valence-corrected chi connectivity index (χ0v) is 12.3. The Morgan fingerprint density at radius 3 is 2.35 bits per heavy atom. The molecule has 0 aromatic carbocycles. The average Bonchev–Trinajstić information content (AvgIpc) is 2.52. The van der Waals surface area contributed by atoms with Crippen LogP contribution < -0.4 is 5.32 Å². The number of nitrogens with one attached hydrogen (secondary N) is 1. The van der Waals surface area contributed by atoms with Crippen molar-refractivity contribution in [3.8, 4) is 0 Å². The molecule has 1 aliphatic rings. The van der Waals surface area contributed by atoms with Gasteiger partial charge in [0.15, 0.2) is 0 Å². The van der Waals surface area contributed by atoms with Crippen LogP contribution in [0.15, 0.2) is 24.4 Å². The quantitative estimate of drug-likeness (QED) is 0.911. The lowest BCUT2D eigenvalue weighted by Crippen LogP contribution is -2.53. The van der Waals surface area contributed by atoms with Gasteiger partial charge in [0, 0.05) is 32.4 Å². The molecule has 2 rings (SSSR count). The van der Waals surface area contributed by atoms with Gasteiger partial charge in [-0.05, 0) is 12.1 Å². The van der Waals surface area contributed by atoms with Gasteiger partial charge in [0.2, 0.25) is 5.91 Å². The number of piperazine rings is 1. The maximum atomic E-state index is 12.2. The maximum absolute atomic E-state index is 12.2. The van der Waals surface area contributed by atoms with Gasteiger partial charge in [-0.3, -0.25) is 9.78 Å². The standard InChI is InChI=1S/C14H17F3N4O2/c15-14(16,17)9-12(22)20-5-7-21(8-6-20)13(23)19-10-11-3-1-2-4-18-11/h1-4H,5-10H2,(H,19,23). The number of amides is 3. The molecule has 1 aliphatic heterocycles. The highest BCUT2D eigenvalue weighted by Crippen LogP contribution is 2.21. The minimum absolute atomic E-state index is 0.103. The zero-order chi connectivity index (χ0) is 16.9. The minimum Gasteiger partial charge on any atom is -0.339 e. The first-order chi connectivity index (χ1) is 10.8. The van der Waals surface area contributed by atoms with Crippen molar-refractivity contribution in [2.45, 2.75) is 19.1 Å². The second-order valence-electron chi connectivity index (χ2n) is 5.14. The summed E-state index contributed by atoms with van der Waals surface area (Å²) in [5, 5.41) is 2.69. The van der Waals surface area contributed by atoms with Crippen LogP contribution in [-0.2, 0) is 11.3 Å². The van der Waals surface area contributed by atoms with Gasteiger partial charge in [-0.1, -0.05) is 6.07 Å². The molecule has 0 spiro atoms. The predicted molar refractivity (Wildman–Crippen MR) is 75.3 cm³/mol. The van der Waals surface area contributed by atoms with Crippen molar-refractivity contribution < 1.29 is 22.8 Å². The molecule has 0 bridgehead atoms. The van der Waals surface area contributed by atoms with E-state index in [0.29, 0.717) is 5.69 Å². The molecule has 1 N–H and O–H groups in total. The van der Waals surface area contributed by atoms with Crippen LogP contribution in [0.25, 0.3) is 0 Å². The molecular formula is C14H17F3N4O2. The van der Waals surface area contributed by atoms with Crippen molar-refractivity contribution in [1.82, 2.24) is 20.1 Å². The Kier molecular flexibility index (Phi) is 5.41. The monoisotopic (exact) mass is 330 g/mol. The van der Waals surface area contributed by atoms with Crippen molar-refractivity contribution in [3.05, 3.63) is 30.1 Å².